The molecule has 1 N–H and O–H groups in total. The number of hydrogen-bond acceptors (Lipinski definition) is 5. The Hall–Kier alpha value is -1.04. The molecule has 0 atom stereocenters. The molecule has 5 heteroatoms. The fourth-order valence-electron chi connectivity index (χ4n) is 2.96. The van der Waals surface area contributed by atoms with Gasteiger partial charge in [-0.2, -0.15) is 0 Å². The number of hydrogen-bond donors (Lipinski definition) is 1. The predicted molar refractivity (Wildman–Crippen MR) is 63.9 cm³/mol. The minimum absolute atomic E-state index is 0.0990. The third-order valence-corrected chi connectivity index (χ3v) is 4.19. The fourth-order valence-corrected chi connectivity index (χ4v) is 2.96. The van der Waals surface area contributed by atoms with Gasteiger partial charge in [-0.05, 0) is 12.8 Å². The highest BCUT2D eigenvalue weighted by molar-refractivity contribution is 5.15. The molecule has 3 rings (SSSR count). The maximum atomic E-state index is 9.78. The molecule has 1 aromatic heterocycles. The highest BCUT2D eigenvalue weighted by Crippen LogP contribution is 2.45. The topological polar surface area (TPSA) is 64.5 Å². The molecule has 0 amide bonds. The summed E-state index contributed by atoms with van der Waals surface area (Å²) < 4.78 is 11.4. The zero-order valence-corrected chi connectivity index (χ0v) is 10.3. The van der Waals surface area contributed by atoms with Crippen LogP contribution < -0.4 is 0 Å². The van der Waals surface area contributed by atoms with E-state index in [0.29, 0.717) is 13.2 Å². The standard InChI is InChI=1S/C13H18N2O3/c16-10-12(11-9-14-5-6-15-11)1-3-13(4-2-12)17-7-8-18-13/h5-6,9,16H,1-4,7-8,10H2. The van der Waals surface area contributed by atoms with E-state index in [1.54, 1.807) is 18.6 Å². The summed E-state index contributed by atoms with van der Waals surface area (Å²) in [6.45, 7) is 1.45. The Kier molecular flexibility index (Phi) is 3.05. The molecule has 0 unspecified atom stereocenters. The van der Waals surface area contributed by atoms with E-state index in [9.17, 15) is 5.11 Å². The molecule has 1 aliphatic carbocycles. The van der Waals surface area contributed by atoms with Crippen LogP contribution in [0.2, 0.25) is 0 Å². The zero-order valence-electron chi connectivity index (χ0n) is 10.3. The van der Waals surface area contributed by atoms with E-state index in [1.165, 1.54) is 0 Å². The van der Waals surface area contributed by atoms with Crippen LogP contribution in [0.3, 0.4) is 0 Å². The molecule has 0 aromatic carbocycles. The number of nitrogens with zero attached hydrogens (tertiary/aromatic N) is 2. The van der Waals surface area contributed by atoms with Gasteiger partial charge in [-0.15, -0.1) is 0 Å². The van der Waals surface area contributed by atoms with Crippen molar-refractivity contribution >= 4 is 0 Å². The quantitative estimate of drug-likeness (QED) is 0.849. The Morgan fingerprint density at radius 3 is 2.39 bits per heavy atom. The number of rotatable bonds is 2. The van der Waals surface area contributed by atoms with Crippen molar-refractivity contribution in [3.8, 4) is 0 Å². The molecule has 0 radical (unpaired) electrons. The molecule has 2 aliphatic rings. The van der Waals surface area contributed by atoms with E-state index in [0.717, 1.165) is 31.4 Å². The minimum atomic E-state index is -0.402. The van der Waals surface area contributed by atoms with Gasteiger partial charge < -0.3 is 14.6 Å². The van der Waals surface area contributed by atoms with E-state index >= 15 is 0 Å². The van der Waals surface area contributed by atoms with Crippen LogP contribution in [0, 0.1) is 0 Å². The molecule has 2 fully saturated rings. The van der Waals surface area contributed by atoms with E-state index < -0.39 is 5.79 Å². The molecule has 18 heavy (non-hydrogen) atoms. The van der Waals surface area contributed by atoms with Crippen LogP contribution >= 0.6 is 0 Å². The van der Waals surface area contributed by atoms with Gasteiger partial charge >= 0.3 is 0 Å². The first-order valence-corrected chi connectivity index (χ1v) is 6.44. The second-order valence-electron chi connectivity index (χ2n) is 5.14. The molecule has 2 heterocycles. The lowest BCUT2D eigenvalue weighted by Gasteiger charge is -2.42. The second kappa shape index (κ2) is 4.57. The number of aliphatic hydroxyl groups is 1. The summed E-state index contributed by atoms with van der Waals surface area (Å²) in [4.78, 5) is 8.46. The molecule has 1 aromatic rings. The van der Waals surface area contributed by atoms with Gasteiger partial charge in [0.25, 0.3) is 0 Å². The Morgan fingerprint density at radius 2 is 1.83 bits per heavy atom. The van der Waals surface area contributed by atoms with E-state index in [-0.39, 0.29) is 12.0 Å². The van der Waals surface area contributed by atoms with Crippen LogP contribution in [0.1, 0.15) is 31.4 Å². The third-order valence-electron chi connectivity index (χ3n) is 4.19. The van der Waals surface area contributed by atoms with Crippen molar-refractivity contribution in [1.82, 2.24) is 9.97 Å². The average Bonchev–Trinajstić information content (AvgIpc) is 2.90. The number of aliphatic hydroxyl groups excluding tert-OH is 1. The summed E-state index contributed by atoms with van der Waals surface area (Å²) in [7, 11) is 0. The maximum absolute atomic E-state index is 9.78. The molecular weight excluding hydrogens is 232 g/mol. The minimum Gasteiger partial charge on any atom is -0.395 e. The Labute approximate surface area is 106 Å². The molecule has 1 saturated heterocycles. The van der Waals surface area contributed by atoms with Crippen LogP contribution in [-0.2, 0) is 14.9 Å². The molecule has 1 aliphatic heterocycles. The van der Waals surface area contributed by atoms with E-state index in [2.05, 4.69) is 9.97 Å². The lowest BCUT2D eigenvalue weighted by atomic mass is 9.70. The molecule has 1 spiro atoms. The summed E-state index contributed by atoms with van der Waals surface area (Å²) in [5.74, 6) is -0.402. The second-order valence-corrected chi connectivity index (χ2v) is 5.14. The molecular formula is C13H18N2O3. The lowest BCUT2D eigenvalue weighted by Crippen LogP contribution is -2.44. The Morgan fingerprint density at radius 1 is 1.11 bits per heavy atom. The number of ether oxygens (including phenoxy) is 2. The highest BCUT2D eigenvalue weighted by Gasteiger charge is 2.47. The van der Waals surface area contributed by atoms with Gasteiger partial charge in [0.05, 0.1) is 25.5 Å². The summed E-state index contributed by atoms with van der Waals surface area (Å²) in [5.41, 5.74) is 0.592. The van der Waals surface area contributed by atoms with Gasteiger partial charge in [0, 0.05) is 36.8 Å². The van der Waals surface area contributed by atoms with Crippen molar-refractivity contribution < 1.29 is 14.6 Å². The Balaban J connectivity index is 1.79. The fraction of sp³-hybridized carbons (Fsp3) is 0.692. The summed E-state index contributed by atoms with van der Waals surface area (Å²) in [5, 5.41) is 9.78. The first-order chi connectivity index (χ1) is 8.79. The smallest absolute Gasteiger partial charge is 0.168 e. The molecule has 0 bridgehead atoms. The van der Waals surface area contributed by atoms with Crippen LogP contribution in [0.4, 0.5) is 0 Å². The monoisotopic (exact) mass is 250 g/mol. The van der Waals surface area contributed by atoms with Crippen molar-refractivity contribution in [3.63, 3.8) is 0 Å². The molecule has 98 valence electrons. The predicted octanol–water partition coefficient (Wildman–Crippen LogP) is 1.02. The highest BCUT2D eigenvalue weighted by atomic mass is 16.7. The van der Waals surface area contributed by atoms with Gasteiger partial charge in [0.2, 0.25) is 0 Å². The zero-order chi connectivity index (χ0) is 12.5. The van der Waals surface area contributed by atoms with Crippen molar-refractivity contribution in [2.24, 2.45) is 0 Å². The lowest BCUT2D eigenvalue weighted by molar-refractivity contribution is -0.187. The van der Waals surface area contributed by atoms with Crippen LogP contribution in [0.5, 0.6) is 0 Å². The van der Waals surface area contributed by atoms with Gasteiger partial charge in [0.1, 0.15) is 0 Å². The SMILES string of the molecule is OCC1(c2cnccn2)CCC2(CC1)OCCO2. The molecule has 1 saturated carbocycles. The average molecular weight is 250 g/mol. The van der Waals surface area contributed by atoms with Crippen LogP contribution in [0.25, 0.3) is 0 Å². The normalized spacial score (nSPS) is 25.4. The van der Waals surface area contributed by atoms with Crippen LogP contribution in [-0.4, -0.2) is 40.7 Å². The van der Waals surface area contributed by atoms with Gasteiger partial charge in [-0.1, -0.05) is 0 Å². The van der Waals surface area contributed by atoms with Crippen molar-refractivity contribution in [3.05, 3.63) is 24.3 Å². The van der Waals surface area contributed by atoms with Crippen LogP contribution in [0.15, 0.2) is 18.6 Å². The van der Waals surface area contributed by atoms with Crippen molar-refractivity contribution in [2.75, 3.05) is 19.8 Å². The van der Waals surface area contributed by atoms with Gasteiger partial charge in [-0.25, -0.2) is 0 Å². The first-order valence-electron chi connectivity index (χ1n) is 6.44. The van der Waals surface area contributed by atoms with Crippen molar-refractivity contribution in [1.29, 1.82) is 0 Å². The van der Waals surface area contributed by atoms with Gasteiger partial charge in [-0.3, -0.25) is 9.97 Å². The van der Waals surface area contributed by atoms with E-state index in [1.807, 2.05) is 0 Å². The largest absolute Gasteiger partial charge is 0.395 e. The molecule has 5 nitrogen and oxygen atoms in total. The Bertz CT molecular complexity index is 394. The summed E-state index contributed by atoms with van der Waals surface area (Å²) >= 11 is 0. The van der Waals surface area contributed by atoms with Crippen molar-refractivity contribution in [2.45, 2.75) is 36.9 Å². The third kappa shape index (κ3) is 1.92. The maximum Gasteiger partial charge on any atom is 0.168 e. The first kappa shape index (κ1) is 12.0. The van der Waals surface area contributed by atoms with Gasteiger partial charge in [0.15, 0.2) is 5.79 Å². The summed E-state index contributed by atoms with van der Waals surface area (Å²) in [6, 6.07) is 0. The van der Waals surface area contributed by atoms with E-state index in [4.69, 9.17) is 9.47 Å². The summed E-state index contributed by atoms with van der Waals surface area (Å²) in [6.07, 6.45) is 8.35. The number of aromatic nitrogens is 2.